The van der Waals surface area contributed by atoms with Crippen LogP contribution in [0.1, 0.15) is 12.5 Å². The van der Waals surface area contributed by atoms with Crippen molar-refractivity contribution in [1.29, 1.82) is 0 Å². The van der Waals surface area contributed by atoms with E-state index in [-0.39, 0.29) is 6.10 Å². The van der Waals surface area contributed by atoms with Crippen LogP contribution in [0.3, 0.4) is 0 Å². The van der Waals surface area contributed by atoms with Crippen LogP contribution in [0.2, 0.25) is 5.02 Å². The van der Waals surface area contributed by atoms with E-state index in [1.165, 1.54) is 0 Å². The molecule has 1 aliphatic rings. The van der Waals surface area contributed by atoms with Crippen LogP contribution in [0.25, 0.3) is 0 Å². The van der Waals surface area contributed by atoms with Gasteiger partial charge in [0.2, 0.25) is 0 Å². The van der Waals surface area contributed by atoms with Gasteiger partial charge < -0.3 is 15.4 Å². The molecule has 92 valence electrons. The first-order valence-electron chi connectivity index (χ1n) is 5.54. The Morgan fingerprint density at radius 2 is 2.35 bits per heavy atom. The largest absolute Gasteiger partial charge is 0.389 e. The van der Waals surface area contributed by atoms with Gasteiger partial charge in [-0.15, -0.1) is 0 Å². The van der Waals surface area contributed by atoms with Crippen molar-refractivity contribution in [3.8, 4) is 0 Å². The molecule has 0 aliphatic carbocycles. The number of benzene rings is 1. The van der Waals surface area contributed by atoms with Crippen LogP contribution in [-0.2, 0) is 4.74 Å². The lowest BCUT2D eigenvalue weighted by Crippen LogP contribution is -2.41. The molecule has 2 N–H and O–H groups in total. The fourth-order valence-electron chi connectivity index (χ4n) is 1.95. The van der Waals surface area contributed by atoms with E-state index in [0.29, 0.717) is 10.0 Å². The molecule has 0 saturated carbocycles. The highest BCUT2D eigenvalue weighted by Gasteiger charge is 2.19. The summed E-state index contributed by atoms with van der Waals surface area (Å²) in [7, 11) is 0. The Morgan fingerprint density at radius 3 is 2.94 bits per heavy atom. The van der Waals surface area contributed by atoms with Crippen molar-refractivity contribution < 1.29 is 4.74 Å². The van der Waals surface area contributed by atoms with Gasteiger partial charge in [-0.25, -0.2) is 0 Å². The predicted octanol–water partition coefficient (Wildman–Crippen LogP) is 2.20. The van der Waals surface area contributed by atoms with E-state index >= 15 is 0 Å². The zero-order valence-electron chi connectivity index (χ0n) is 9.65. The molecule has 0 aromatic heterocycles. The number of rotatable bonds is 2. The minimum absolute atomic E-state index is 0.232. The van der Waals surface area contributed by atoms with Gasteiger partial charge in [-0.3, -0.25) is 0 Å². The lowest BCUT2D eigenvalue weighted by molar-refractivity contribution is 0.0532. The van der Waals surface area contributed by atoms with Gasteiger partial charge in [-0.1, -0.05) is 23.8 Å². The summed E-state index contributed by atoms with van der Waals surface area (Å²) >= 11 is 11.2. The van der Waals surface area contributed by atoms with Gasteiger partial charge in [0.25, 0.3) is 0 Å². The maximum Gasteiger partial charge on any atom is 0.104 e. The SMILES string of the molecule is CC1CN(c2ccc(C(N)=S)cc2Cl)CCO1. The Bertz CT molecular complexity index is 439. The van der Waals surface area contributed by atoms with Gasteiger partial charge in [0.1, 0.15) is 4.99 Å². The number of morpholine rings is 1. The van der Waals surface area contributed by atoms with Crippen LogP contribution >= 0.6 is 23.8 Å². The lowest BCUT2D eigenvalue weighted by Gasteiger charge is -2.33. The third-order valence-electron chi connectivity index (χ3n) is 2.81. The second-order valence-corrected chi connectivity index (χ2v) is 5.00. The molecular weight excluding hydrogens is 256 g/mol. The third kappa shape index (κ3) is 2.89. The smallest absolute Gasteiger partial charge is 0.104 e. The van der Waals surface area contributed by atoms with Crippen molar-refractivity contribution in [3.63, 3.8) is 0 Å². The van der Waals surface area contributed by atoms with Gasteiger partial charge in [0.15, 0.2) is 0 Å². The second-order valence-electron chi connectivity index (χ2n) is 4.16. The second kappa shape index (κ2) is 5.21. The monoisotopic (exact) mass is 270 g/mol. The minimum Gasteiger partial charge on any atom is -0.389 e. The van der Waals surface area contributed by atoms with Crippen LogP contribution in [0.4, 0.5) is 5.69 Å². The predicted molar refractivity (Wildman–Crippen MR) is 75.0 cm³/mol. The topological polar surface area (TPSA) is 38.5 Å². The molecule has 1 aromatic rings. The quantitative estimate of drug-likeness (QED) is 0.837. The maximum atomic E-state index is 6.26. The Labute approximate surface area is 111 Å². The van der Waals surface area contributed by atoms with E-state index in [4.69, 9.17) is 34.3 Å². The van der Waals surface area contributed by atoms with Gasteiger partial charge in [0.05, 0.1) is 23.4 Å². The molecule has 1 fully saturated rings. The summed E-state index contributed by atoms with van der Waals surface area (Å²) in [5.74, 6) is 0. The van der Waals surface area contributed by atoms with Crippen LogP contribution < -0.4 is 10.6 Å². The molecule has 0 radical (unpaired) electrons. The standard InChI is InChI=1S/C12H15ClN2OS/c1-8-7-15(4-5-16-8)11-3-2-9(12(14)17)6-10(11)13/h2-3,6,8H,4-5,7H2,1H3,(H2,14,17). The number of nitrogens with zero attached hydrogens (tertiary/aromatic N) is 1. The number of thiocarbonyl (C=S) groups is 1. The first kappa shape index (κ1) is 12.6. The molecule has 2 rings (SSSR count). The Balaban J connectivity index is 2.23. The number of ether oxygens (including phenoxy) is 1. The van der Waals surface area contributed by atoms with E-state index in [0.717, 1.165) is 30.9 Å². The molecule has 0 amide bonds. The number of hydrogen-bond donors (Lipinski definition) is 1. The summed E-state index contributed by atoms with van der Waals surface area (Å²) in [5, 5.41) is 0.685. The molecule has 0 spiro atoms. The molecule has 0 bridgehead atoms. The Hall–Kier alpha value is -0.840. The molecule has 1 aromatic carbocycles. The fourth-order valence-corrected chi connectivity index (χ4v) is 2.38. The first-order chi connectivity index (χ1) is 8.08. The van der Waals surface area contributed by atoms with Gasteiger partial charge >= 0.3 is 0 Å². The Kier molecular flexibility index (Phi) is 3.86. The van der Waals surface area contributed by atoms with Gasteiger partial charge in [0, 0.05) is 18.7 Å². The van der Waals surface area contributed by atoms with Crippen LogP contribution in [0.5, 0.6) is 0 Å². The molecule has 17 heavy (non-hydrogen) atoms. The van der Waals surface area contributed by atoms with Gasteiger partial charge in [-0.05, 0) is 25.1 Å². The Morgan fingerprint density at radius 1 is 1.59 bits per heavy atom. The van der Waals surface area contributed by atoms with Crippen LogP contribution in [-0.4, -0.2) is 30.8 Å². The number of hydrogen-bond acceptors (Lipinski definition) is 3. The highest BCUT2D eigenvalue weighted by atomic mass is 35.5. The average molecular weight is 271 g/mol. The first-order valence-corrected chi connectivity index (χ1v) is 6.32. The van der Waals surface area contributed by atoms with Crippen LogP contribution in [0.15, 0.2) is 18.2 Å². The number of anilines is 1. The fraction of sp³-hybridized carbons (Fsp3) is 0.417. The average Bonchev–Trinajstić information content (AvgIpc) is 2.28. The molecule has 5 heteroatoms. The molecule has 1 saturated heterocycles. The van der Waals surface area contributed by atoms with E-state index in [2.05, 4.69) is 11.8 Å². The molecule has 1 aliphatic heterocycles. The van der Waals surface area contributed by atoms with Crippen LogP contribution in [0, 0.1) is 0 Å². The van der Waals surface area contributed by atoms with Crippen molar-refractivity contribution in [1.82, 2.24) is 0 Å². The minimum atomic E-state index is 0.232. The highest BCUT2D eigenvalue weighted by molar-refractivity contribution is 7.80. The lowest BCUT2D eigenvalue weighted by atomic mass is 10.1. The van der Waals surface area contributed by atoms with Crippen molar-refractivity contribution >= 4 is 34.5 Å². The third-order valence-corrected chi connectivity index (χ3v) is 3.35. The summed E-state index contributed by atoms with van der Waals surface area (Å²) < 4.78 is 5.51. The van der Waals surface area contributed by atoms with Crippen molar-refractivity contribution in [2.75, 3.05) is 24.6 Å². The molecule has 1 heterocycles. The summed E-state index contributed by atoms with van der Waals surface area (Å²) in [6, 6.07) is 5.69. The van der Waals surface area contributed by atoms with E-state index in [1.54, 1.807) is 0 Å². The van der Waals surface area contributed by atoms with Crippen molar-refractivity contribution in [3.05, 3.63) is 28.8 Å². The number of halogens is 1. The summed E-state index contributed by atoms with van der Waals surface area (Å²) in [5.41, 5.74) is 7.39. The molecular formula is C12H15ClN2OS. The maximum absolute atomic E-state index is 6.26. The van der Waals surface area contributed by atoms with Crippen molar-refractivity contribution in [2.45, 2.75) is 13.0 Å². The number of nitrogens with two attached hydrogens (primary N) is 1. The van der Waals surface area contributed by atoms with Crippen molar-refractivity contribution in [2.24, 2.45) is 5.73 Å². The molecule has 3 nitrogen and oxygen atoms in total. The summed E-state index contributed by atoms with van der Waals surface area (Å²) in [4.78, 5) is 2.59. The summed E-state index contributed by atoms with van der Waals surface area (Å²) in [6.07, 6.45) is 0.232. The zero-order valence-corrected chi connectivity index (χ0v) is 11.2. The summed E-state index contributed by atoms with van der Waals surface area (Å²) in [6.45, 7) is 4.50. The van der Waals surface area contributed by atoms with E-state index < -0.39 is 0 Å². The molecule has 1 unspecified atom stereocenters. The highest BCUT2D eigenvalue weighted by Crippen LogP contribution is 2.28. The van der Waals surface area contributed by atoms with Gasteiger partial charge in [-0.2, -0.15) is 0 Å². The normalized spacial score (nSPS) is 20.4. The molecule has 1 atom stereocenters. The van der Waals surface area contributed by atoms with E-state index in [9.17, 15) is 0 Å². The zero-order chi connectivity index (χ0) is 12.4. The van der Waals surface area contributed by atoms with E-state index in [1.807, 2.05) is 18.2 Å².